The average molecular weight is 321 g/mol. The summed E-state index contributed by atoms with van der Waals surface area (Å²) >= 11 is 9.42. The van der Waals surface area contributed by atoms with Gasteiger partial charge in [-0.1, -0.05) is 24.6 Å². The summed E-state index contributed by atoms with van der Waals surface area (Å²) in [4.78, 5) is 0. The largest absolute Gasteiger partial charge is 0.396 e. The number of benzene rings is 1. The molecule has 1 atom stereocenters. The van der Waals surface area contributed by atoms with Crippen molar-refractivity contribution in [3.05, 3.63) is 33.3 Å². The van der Waals surface area contributed by atoms with Crippen LogP contribution in [0.5, 0.6) is 0 Å². The molecule has 0 aliphatic heterocycles. The van der Waals surface area contributed by atoms with Crippen molar-refractivity contribution in [2.24, 2.45) is 0 Å². The second kappa shape index (κ2) is 6.74. The molecule has 2 N–H and O–H groups in total. The summed E-state index contributed by atoms with van der Waals surface area (Å²) < 4.78 is 0.913. The molecule has 1 aromatic carbocycles. The lowest BCUT2D eigenvalue weighted by Gasteiger charge is -2.29. The Bertz CT molecular complexity index is 372. The third kappa shape index (κ3) is 4.59. The standard InChI is InChI=1S/C13H19BrClNO/c1-3-13(2,6-7-17)16-9-10-4-5-11(14)12(15)8-10/h4-5,8,16-17H,3,6-7,9H2,1-2H3. The molecule has 1 rings (SSSR count). The summed E-state index contributed by atoms with van der Waals surface area (Å²) in [6.45, 7) is 5.22. The Hall–Kier alpha value is -0.0900. The zero-order valence-electron chi connectivity index (χ0n) is 10.3. The molecule has 2 nitrogen and oxygen atoms in total. The van der Waals surface area contributed by atoms with Crippen molar-refractivity contribution >= 4 is 27.5 Å². The molecule has 0 saturated carbocycles. The number of hydrogen-bond donors (Lipinski definition) is 2. The fourth-order valence-corrected chi connectivity index (χ4v) is 2.05. The highest BCUT2D eigenvalue weighted by Crippen LogP contribution is 2.23. The van der Waals surface area contributed by atoms with Gasteiger partial charge in [0.15, 0.2) is 0 Å². The number of halogens is 2. The topological polar surface area (TPSA) is 32.3 Å². The van der Waals surface area contributed by atoms with Crippen molar-refractivity contribution in [3.63, 3.8) is 0 Å². The first-order valence-corrected chi connectivity index (χ1v) is 6.97. The van der Waals surface area contributed by atoms with Crippen molar-refractivity contribution in [1.82, 2.24) is 5.32 Å². The van der Waals surface area contributed by atoms with Gasteiger partial charge in [0.05, 0.1) is 5.02 Å². The molecule has 0 spiro atoms. The molecule has 0 fully saturated rings. The Balaban J connectivity index is 2.62. The van der Waals surface area contributed by atoms with E-state index in [9.17, 15) is 0 Å². The molecule has 17 heavy (non-hydrogen) atoms. The van der Waals surface area contributed by atoms with E-state index in [0.29, 0.717) is 0 Å². The lowest BCUT2D eigenvalue weighted by atomic mass is 9.94. The summed E-state index contributed by atoms with van der Waals surface area (Å²) in [5, 5.41) is 13.2. The highest BCUT2D eigenvalue weighted by molar-refractivity contribution is 9.10. The van der Waals surface area contributed by atoms with Gasteiger partial charge < -0.3 is 10.4 Å². The Morgan fingerprint density at radius 3 is 2.71 bits per heavy atom. The first kappa shape index (κ1) is 15.0. The summed E-state index contributed by atoms with van der Waals surface area (Å²) in [7, 11) is 0. The van der Waals surface area contributed by atoms with Gasteiger partial charge in [0.1, 0.15) is 0 Å². The van der Waals surface area contributed by atoms with Crippen LogP contribution in [0.3, 0.4) is 0 Å². The van der Waals surface area contributed by atoms with Gasteiger partial charge in [0, 0.05) is 23.2 Å². The molecule has 0 aliphatic rings. The van der Waals surface area contributed by atoms with E-state index in [2.05, 4.69) is 35.1 Å². The van der Waals surface area contributed by atoms with Gasteiger partial charge in [0.2, 0.25) is 0 Å². The molecule has 4 heteroatoms. The Morgan fingerprint density at radius 1 is 1.47 bits per heavy atom. The molecule has 0 saturated heterocycles. The number of aliphatic hydroxyl groups is 1. The molecule has 0 amide bonds. The highest BCUT2D eigenvalue weighted by Gasteiger charge is 2.20. The summed E-state index contributed by atoms with van der Waals surface area (Å²) in [6.07, 6.45) is 1.74. The van der Waals surface area contributed by atoms with Crippen molar-refractivity contribution < 1.29 is 5.11 Å². The van der Waals surface area contributed by atoms with Crippen LogP contribution >= 0.6 is 27.5 Å². The smallest absolute Gasteiger partial charge is 0.0551 e. The number of aliphatic hydroxyl groups excluding tert-OH is 1. The maximum absolute atomic E-state index is 9.04. The van der Waals surface area contributed by atoms with E-state index in [0.717, 1.165) is 34.4 Å². The SMILES string of the molecule is CCC(C)(CCO)NCc1ccc(Br)c(Cl)c1. The molecule has 0 aliphatic carbocycles. The van der Waals surface area contributed by atoms with Crippen LogP contribution in [0.4, 0.5) is 0 Å². The quantitative estimate of drug-likeness (QED) is 0.837. The third-order valence-electron chi connectivity index (χ3n) is 3.15. The zero-order chi connectivity index (χ0) is 12.9. The van der Waals surface area contributed by atoms with E-state index in [-0.39, 0.29) is 12.1 Å². The van der Waals surface area contributed by atoms with E-state index in [1.54, 1.807) is 0 Å². The van der Waals surface area contributed by atoms with E-state index in [1.165, 1.54) is 0 Å². The van der Waals surface area contributed by atoms with Crippen LogP contribution < -0.4 is 5.32 Å². The molecule has 0 aromatic heterocycles. The predicted molar refractivity (Wildman–Crippen MR) is 76.4 cm³/mol. The highest BCUT2D eigenvalue weighted by atomic mass is 79.9. The molecule has 0 bridgehead atoms. The van der Waals surface area contributed by atoms with Crippen LogP contribution in [0, 0.1) is 0 Å². The lowest BCUT2D eigenvalue weighted by molar-refractivity contribution is 0.214. The minimum atomic E-state index is -0.0195. The number of nitrogens with one attached hydrogen (secondary N) is 1. The summed E-state index contributed by atoms with van der Waals surface area (Å²) in [5.74, 6) is 0. The monoisotopic (exact) mass is 319 g/mol. The van der Waals surface area contributed by atoms with Crippen molar-refractivity contribution in [2.45, 2.75) is 38.8 Å². The van der Waals surface area contributed by atoms with Gasteiger partial charge in [-0.15, -0.1) is 0 Å². The average Bonchev–Trinajstić information content (AvgIpc) is 2.31. The molecule has 96 valence electrons. The van der Waals surface area contributed by atoms with Crippen molar-refractivity contribution in [1.29, 1.82) is 0 Å². The third-order valence-corrected chi connectivity index (χ3v) is 4.38. The van der Waals surface area contributed by atoms with Crippen molar-refractivity contribution in [3.8, 4) is 0 Å². The van der Waals surface area contributed by atoms with E-state index in [4.69, 9.17) is 16.7 Å². The summed E-state index contributed by atoms with van der Waals surface area (Å²) in [6, 6.07) is 5.94. The first-order chi connectivity index (χ1) is 8.00. The van der Waals surface area contributed by atoms with Crippen LogP contribution in [-0.2, 0) is 6.54 Å². The van der Waals surface area contributed by atoms with Gasteiger partial charge in [-0.2, -0.15) is 0 Å². The van der Waals surface area contributed by atoms with Crippen LogP contribution in [0.25, 0.3) is 0 Å². The van der Waals surface area contributed by atoms with Gasteiger partial charge >= 0.3 is 0 Å². The fourth-order valence-electron chi connectivity index (χ4n) is 1.60. The number of rotatable bonds is 6. The minimum absolute atomic E-state index is 0.0195. The second-order valence-corrected chi connectivity index (χ2v) is 5.75. The maximum Gasteiger partial charge on any atom is 0.0551 e. The Kier molecular flexibility index (Phi) is 5.93. The molecule has 0 radical (unpaired) electrons. The van der Waals surface area contributed by atoms with Crippen LogP contribution in [0.1, 0.15) is 32.3 Å². The minimum Gasteiger partial charge on any atom is -0.396 e. The zero-order valence-corrected chi connectivity index (χ0v) is 12.6. The van der Waals surface area contributed by atoms with Crippen LogP contribution in [0.2, 0.25) is 5.02 Å². The Morgan fingerprint density at radius 2 is 2.18 bits per heavy atom. The van der Waals surface area contributed by atoms with E-state index >= 15 is 0 Å². The van der Waals surface area contributed by atoms with Crippen molar-refractivity contribution in [2.75, 3.05) is 6.61 Å². The van der Waals surface area contributed by atoms with Gasteiger partial charge in [-0.25, -0.2) is 0 Å². The van der Waals surface area contributed by atoms with Gasteiger partial charge in [-0.3, -0.25) is 0 Å². The van der Waals surface area contributed by atoms with E-state index in [1.807, 2.05) is 18.2 Å². The number of hydrogen-bond acceptors (Lipinski definition) is 2. The predicted octanol–water partition coefficient (Wildman–Crippen LogP) is 3.74. The Labute approximate surface area is 117 Å². The maximum atomic E-state index is 9.04. The molecule has 1 aromatic rings. The molecule has 1 unspecified atom stereocenters. The molecule has 0 heterocycles. The van der Waals surface area contributed by atoms with Crippen LogP contribution in [-0.4, -0.2) is 17.3 Å². The van der Waals surface area contributed by atoms with Gasteiger partial charge in [-0.05, 0) is 53.4 Å². The van der Waals surface area contributed by atoms with Crippen LogP contribution in [0.15, 0.2) is 22.7 Å². The normalized spacial score (nSPS) is 14.6. The molecular formula is C13H19BrClNO. The second-order valence-electron chi connectivity index (χ2n) is 4.49. The molecular weight excluding hydrogens is 302 g/mol. The van der Waals surface area contributed by atoms with Gasteiger partial charge in [0.25, 0.3) is 0 Å². The first-order valence-electron chi connectivity index (χ1n) is 5.80. The fraction of sp³-hybridized carbons (Fsp3) is 0.538. The van der Waals surface area contributed by atoms with E-state index < -0.39 is 0 Å². The lowest BCUT2D eigenvalue weighted by Crippen LogP contribution is -2.42. The summed E-state index contributed by atoms with van der Waals surface area (Å²) in [5.41, 5.74) is 1.13.